The smallest absolute Gasteiger partial charge is 0.0926 e. The zero-order chi connectivity index (χ0) is 22.2. The number of hydrogen-bond donors (Lipinski definition) is 0. The third-order valence-corrected chi connectivity index (χ3v) is 8.64. The Bertz CT molecular complexity index is 757. The van der Waals surface area contributed by atoms with Crippen LogP contribution in [0.4, 0.5) is 5.00 Å². The molecule has 4 heteroatoms. The Hall–Kier alpha value is -1.03. The van der Waals surface area contributed by atoms with Gasteiger partial charge in [0.2, 0.25) is 0 Å². The molecule has 0 atom stereocenters. The van der Waals surface area contributed by atoms with Crippen molar-refractivity contribution in [3.63, 3.8) is 0 Å². The summed E-state index contributed by atoms with van der Waals surface area (Å²) >= 11 is 8.11. The van der Waals surface area contributed by atoms with Crippen LogP contribution in [0.15, 0.2) is 36.4 Å². The molecular weight excluding hydrogens is 420 g/mol. The average molecular weight is 461 g/mol. The second-order valence-corrected chi connectivity index (χ2v) is 11.3. The minimum absolute atomic E-state index is 0.543. The predicted molar refractivity (Wildman–Crippen MR) is 139 cm³/mol. The van der Waals surface area contributed by atoms with Crippen LogP contribution in [0.1, 0.15) is 76.2 Å². The summed E-state index contributed by atoms with van der Waals surface area (Å²) in [6.07, 6.45) is 6.79. The molecule has 0 bridgehead atoms. The first kappa shape index (κ1) is 24.6. The number of nitrogens with zero attached hydrogens (tertiary/aromatic N) is 2. The molecule has 3 heterocycles. The van der Waals surface area contributed by atoms with Gasteiger partial charge in [-0.05, 0) is 74.6 Å². The number of benzene rings is 1. The van der Waals surface area contributed by atoms with E-state index in [-0.39, 0.29) is 0 Å². The minimum Gasteiger partial charge on any atom is -0.363 e. The summed E-state index contributed by atoms with van der Waals surface area (Å²) in [6, 6.07) is 13.0. The number of hydrogen-bond acceptors (Lipinski definition) is 3. The molecule has 0 unspecified atom stereocenters. The molecule has 4 rings (SSSR count). The molecule has 1 aromatic carbocycles. The zero-order valence-electron chi connectivity index (χ0n) is 19.9. The lowest BCUT2D eigenvalue weighted by atomic mass is 9.86. The van der Waals surface area contributed by atoms with Crippen LogP contribution in [0, 0.1) is 11.8 Å². The van der Waals surface area contributed by atoms with Crippen molar-refractivity contribution >= 4 is 27.9 Å². The Morgan fingerprint density at radius 2 is 1.58 bits per heavy atom. The van der Waals surface area contributed by atoms with Gasteiger partial charge in [0, 0.05) is 24.5 Å². The highest BCUT2D eigenvalue weighted by molar-refractivity contribution is 7.16. The summed E-state index contributed by atoms with van der Waals surface area (Å²) in [4.78, 5) is 6.40. The van der Waals surface area contributed by atoms with Gasteiger partial charge in [0.25, 0.3) is 0 Å². The van der Waals surface area contributed by atoms with E-state index in [2.05, 4.69) is 73.9 Å². The van der Waals surface area contributed by atoms with Crippen LogP contribution < -0.4 is 4.90 Å². The lowest BCUT2D eigenvalue weighted by Gasteiger charge is -2.33. The van der Waals surface area contributed by atoms with E-state index in [1.165, 1.54) is 73.7 Å². The van der Waals surface area contributed by atoms with Crippen LogP contribution in [0.3, 0.4) is 0 Å². The maximum absolute atomic E-state index is 6.24. The van der Waals surface area contributed by atoms with Crippen molar-refractivity contribution in [2.24, 2.45) is 11.8 Å². The largest absolute Gasteiger partial charge is 0.363 e. The molecular formula is C27H41ClN2S. The molecule has 2 aromatic rings. The molecule has 2 aliphatic heterocycles. The fourth-order valence-electron chi connectivity index (χ4n) is 4.65. The van der Waals surface area contributed by atoms with E-state index in [1.807, 2.05) is 11.3 Å². The summed E-state index contributed by atoms with van der Waals surface area (Å²) < 4.78 is 0. The topological polar surface area (TPSA) is 6.48 Å². The van der Waals surface area contributed by atoms with E-state index < -0.39 is 0 Å². The quantitative estimate of drug-likeness (QED) is 0.445. The number of thiophene rings is 1. The molecule has 172 valence electrons. The number of anilines is 1. The monoisotopic (exact) mass is 460 g/mol. The van der Waals surface area contributed by atoms with E-state index in [1.54, 1.807) is 0 Å². The van der Waals surface area contributed by atoms with Crippen molar-refractivity contribution in [2.75, 3.05) is 31.1 Å². The van der Waals surface area contributed by atoms with Crippen LogP contribution in [-0.2, 0) is 6.54 Å². The maximum atomic E-state index is 6.24. The van der Waals surface area contributed by atoms with Gasteiger partial charge in [0.05, 0.1) is 10.0 Å². The van der Waals surface area contributed by atoms with Crippen molar-refractivity contribution in [3.05, 3.63) is 51.9 Å². The number of piperidine rings is 2. The summed E-state index contributed by atoms with van der Waals surface area (Å²) in [6.45, 7) is 15.2. The summed E-state index contributed by atoms with van der Waals surface area (Å²) in [7, 11) is 0. The van der Waals surface area contributed by atoms with Crippen molar-refractivity contribution in [1.29, 1.82) is 0 Å². The molecule has 0 radical (unpaired) electrons. The fraction of sp³-hybridized carbons (Fsp3) is 0.630. The van der Waals surface area contributed by atoms with Gasteiger partial charge in [0.1, 0.15) is 0 Å². The van der Waals surface area contributed by atoms with Gasteiger partial charge >= 0.3 is 0 Å². The van der Waals surface area contributed by atoms with Gasteiger partial charge in [-0.1, -0.05) is 69.6 Å². The Morgan fingerprint density at radius 1 is 0.935 bits per heavy atom. The van der Waals surface area contributed by atoms with E-state index in [0.29, 0.717) is 5.92 Å². The molecule has 0 amide bonds. The van der Waals surface area contributed by atoms with Gasteiger partial charge in [-0.15, -0.1) is 11.3 Å². The van der Waals surface area contributed by atoms with E-state index in [4.69, 9.17) is 11.6 Å². The number of likely N-dealkylation sites (tertiary alicyclic amines) is 1. The number of rotatable bonds is 5. The molecule has 2 saturated heterocycles. The molecule has 0 saturated carbocycles. The Labute approximate surface area is 199 Å². The third-order valence-electron chi connectivity index (χ3n) is 6.72. The third kappa shape index (κ3) is 7.51. The first-order valence-corrected chi connectivity index (χ1v) is 13.4. The van der Waals surface area contributed by atoms with Gasteiger partial charge in [-0.3, -0.25) is 4.90 Å². The first-order chi connectivity index (χ1) is 14.9. The Kier molecular flexibility index (Phi) is 9.74. The zero-order valence-corrected chi connectivity index (χ0v) is 21.5. The molecule has 2 nitrogen and oxygen atoms in total. The van der Waals surface area contributed by atoms with Crippen LogP contribution in [-0.4, -0.2) is 31.1 Å². The first-order valence-electron chi connectivity index (χ1n) is 12.2. The van der Waals surface area contributed by atoms with Gasteiger partial charge in [-0.2, -0.15) is 0 Å². The van der Waals surface area contributed by atoms with Crippen molar-refractivity contribution < 1.29 is 0 Å². The highest BCUT2D eigenvalue weighted by Gasteiger charge is 2.21. The molecule has 2 fully saturated rings. The maximum Gasteiger partial charge on any atom is 0.0926 e. The van der Waals surface area contributed by atoms with Gasteiger partial charge < -0.3 is 4.90 Å². The molecule has 0 N–H and O–H groups in total. The molecule has 31 heavy (non-hydrogen) atoms. The Morgan fingerprint density at radius 3 is 2.13 bits per heavy atom. The Balaban J connectivity index is 0.000000176. The van der Waals surface area contributed by atoms with Gasteiger partial charge in [-0.25, -0.2) is 0 Å². The summed E-state index contributed by atoms with van der Waals surface area (Å²) in [5.41, 5.74) is 1.45. The van der Waals surface area contributed by atoms with E-state index in [0.717, 1.165) is 23.4 Å². The lowest BCUT2D eigenvalue weighted by Crippen LogP contribution is -2.34. The summed E-state index contributed by atoms with van der Waals surface area (Å²) in [5, 5.41) is 2.32. The van der Waals surface area contributed by atoms with Crippen LogP contribution >= 0.6 is 22.9 Å². The number of halogens is 1. The van der Waals surface area contributed by atoms with Gasteiger partial charge in [0.15, 0.2) is 0 Å². The SMILES string of the molecule is CC(C)C1CCN(Cc2ccccc2)CC1.CC(C)c1sc(N2CCCCC2)cc1Cl. The van der Waals surface area contributed by atoms with Crippen LogP contribution in [0.2, 0.25) is 5.02 Å². The van der Waals surface area contributed by atoms with Crippen molar-refractivity contribution in [2.45, 2.75) is 72.3 Å². The highest BCUT2D eigenvalue weighted by atomic mass is 35.5. The molecule has 0 aliphatic carbocycles. The molecule has 0 spiro atoms. The summed E-state index contributed by atoms with van der Waals surface area (Å²) in [5.74, 6) is 2.35. The minimum atomic E-state index is 0.543. The van der Waals surface area contributed by atoms with Crippen LogP contribution in [0.25, 0.3) is 0 Å². The molecule has 2 aliphatic rings. The average Bonchev–Trinajstić information content (AvgIpc) is 3.18. The lowest BCUT2D eigenvalue weighted by molar-refractivity contribution is 0.152. The van der Waals surface area contributed by atoms with Crippen molar-refractivity contribution in [3.8, 4) is 0 Å². The predicted octanol–water partition coefficient (Wildman–Crippen LogP) is 8.07. The second-order valence-electron chi connectivity index (χ2n) is 9.84. The molecule has 1 aromatic heterocycles. The van der Waals surface area contributed by atoms with E-state index >= 15 is 0 Å². The normalized spacial score (nSPS) is 18.4. The highest BCUT2D eigenvalue weighted by Crippen LogP contribution is 2.38. The fourth-order valence-corrected chi connectivity index (χ4v) is 6.26. The standard InChI is InChI=1S/C15H23N.C12H18ClNS/c1-13(2)15-8-10-16(11-9-15)12-14-6-4-3-5-7-14;1-9(2)12-10(13)8-11(15-12)14-6-4-3-5-7-14/h3-7,13,15H,8-12H2,1-2H3;8-9H,3-7H2,1-2H3. The van der Waals surface area contributed by atoms with E-state index in [9.17, 15) is 0 Å². The van der Waals surface area contributed by atoms with Crippen LogP contribution in [0.5, 0.6) is 0 Å². The second kappa shape index (κ2) is 12.3. The van der Waals surface area contributed by atoms with Crippen molar-refractivity contribution in [1.82, 2.24) is 4.90 Å².